The van der Waals surface area contributed by atoms with Crippen molar-refractivity contribution in [3.05, 3.63) is 0 Å². The molecule has 0 amide bonds. The Morgan fingerprint density at radius 1 is 1.42 bits per heavy atom. The molecule has 1 fully saturated rings. The molecule has 1 aliphatic carbocycles. The summed E-state index contributed by atoms with van der Waals surface area (Å²) in [7, 11) is 0. The Hall–Kier alpha value is -0.400. The minimum absolute atomic E-state index is 0.144. The van der Waals surface area contributed by atoms with Gasteiger partial charge in [0.15, 0.2) is 12.0 Å². The van der Waals surface area contributed by atoms with E-state index in [2.05, 4.69) is 20.8 Å². The fraction of sp³-hybridized carbons (Fsp3) is 0.900. The Morgan fingerprint density at radius 2 is 2.00 bits per heavy atom. The van der Waals surface area contributed by atoms with E-state index in [0.29, 0.717) is 18.8 Å². The normalized spacial score (nSPS) is 32.2. The van der Waals surface area contributed by atoms with Gasteiger partial charge in [0, 0.05) is 6.42 Å². The van der Waals surface area contributed by atoms with Crippen molar-refractivity contribution in [2.75, 3.05) is 0 Å². The molecule has 0 heterocycles. The Balaban J connectivity index is 2.57. The molecule has 2 atom stereocenters. The highest BCUT2D eigenvalue weighted by molar-refractivity contribution is 5.83. The lowest BCUT2D eigenvalue weighted by Gasteiger charge is -2.34. The largest absolute Gasteiger partial charge is 0.296 e. The van der Waals surface area contributed by atoms with Crippen molar-refractivity contribution in [3.63, 3.8) is 0 Å². The Bertz CT molecular complexity index is 181. The van der Waals surface area contributed by atoms with Crippen LogP contribution in [0.1, 0.15) is 40.0 Å². The smallest absolute Gasteiger partial charge is 0.166 e. The van der Waals surface area contributed by atoms with Crippen molar-refractivity contribution in [3.8, 4) is 0 Å². The third kappa shape index (κ3) is 2.05. The van der Waals surface area contributed by atoms with E-state index in [9.17, 15) is 9.18 Å². The third-order valence-electron chi connectivity index (χ3n) is 2.80. The number of carbonyl (C=O) groups is 1. The summed E-state index contributed by atoms with van der Waals surface area (Å²) in [6.07, 6.45) is 0.539. The number of hydrogen-bond donors (Lipinski definition) is 0. The van der Waals surface area contributed by atoms with Crippen molar-refractivity contribution < 1.29 is 9.18 Å². The molecule has 0 aromatic carbocycles. The van der Waals surface area contributed by atoms with Crippen LogP contribution in [0.25, 0.3) is 0 Å². The lowest BCUT2D eigenvalue weighted by molar-refractivity contribution is -0.127. The van der Waals surface area contributed by atoms with Gasteiger partial charge in [-0.25, -0.2) is 4.39 Å². The van der Waals surface area contributed by atoms with Gasteiger partial charge < -0.3 is 0 Å². The minimum Gasteiger partial charge on any atom is -0.296 e. The third-order valence-corrected chi connectivity index (χ3v) is 2.80. The number of halogens is 1. The lowest BCUT2D eigenvalue weighted by atomic mass is 9.71. The molecule has 1 nitrogen and oxygen atoms in total. The van der Waals surface area contributed by atoms with Crippen LogP contribution in [0.4, 0.5) is 4.39 Å². The maximum Gasteiger partial charge on any atom is 0.166 e. The number of rotatable bonds is 0. The van der Waals surface area contributed by atoms with Gasteiger partial charge in [0.05, 0.1) is 0 Å². The predicted octanol–water partition coefficient (Wildman–Crippen LogP) is 2.74. The number of ketones is 1. The molecule has 2 heteroatoms. The van der Waals surface area contributed by atoms with Gasteiger partial charge in [0.25, 0.3) is 0 Å². The van der Waals surface area contributed by atoms with E-state index in [0.717, 1.165) is 6.42 Å². The highest BCUT2D eigenvalue weighted by atomic mass is 19.1. The first-order chi connectivity index (χ1) is 5.41. The summed E-state index contributed by atoms with van der Waals surface area (Å²) < 4.78 is 13.0. The van der Waals surface area contributed by atoms with Crippen molar-refractivity contribution in [2.45, 2.75) is 46.2 Å². The molecule has 0 radical (unpaired) electrons. The number of Topliss-reactive ketones (excluding diaryl/α,β-unsaturated/α-hetero) is 1. The first kappa shape index (κ1) is 9.69. The second-order valence-electron chi connectivity index (χ2n) is 4.77. The molecule has 0 spiro atoms. The summed E-state index contributed by atoms with van der Waals surface area (Å²) in [6.45, 7) is 6.33. The quantitative estimate of drug-likeness (QED) is 0.549. The second-order valence-corrected chi connectivity index (χ2v) is 4.77. The molecule has 0 saturated heterocycles. The van der Waals surface area contributed by atoms with Crippen LogP contribution in [-0.4, -0.2) is 12.0 Å². The second kappa shape index (κ2) is 3.15. The van der Waals surface area contributed by atoms with E-state index in [-0.39, 0.29) is 11.2 Å². The Kier molecular flexibility index (Phi) is 2.55. The van der Waals surface area contributed by atoms with E-state index >= 15 is 0 Å². The van der Waals surface area contributed by atoms with Crippen LogP contribution in [0.5, 0.6) is 0 Å². The van der Waals surface area contributed by atoms with Gasteiger partial charge in [0.1, 0.15) is 0 Å². The molecule has 0 bridgehead atoms. The molecular weight excluding hydrogens is 155 g/mol. The Labute approximate surface area is 73.3 Å². The highest BCUT2D eigenvalue weighted by Crippen LogP contribution is 2.37. The molecule has 12 heavy (non-hydrogen) atoms. The molecule has 0 aromatic rings. The molecule has 1 rings (SSSR count). The van der Waals surface area contributed by atoms with Crippen LogP contribution >= 0.6 is 0 Å². The molecule has 70 valence electrons. The van der Waals surface area contributed by atoms with Crippen LogP contribution in [0, 0.1) is 11.3 Å². The zero-order valence-electron chi connectivity index (χ0n) is 8.06. The summed E-state index contributed by atoms with van der Waals surface area (Å²) in [5.41, 5.74) is 0.144. The maximum absolute atomic E-state index is 13.0. The van der Waals surface area contributed by atoms with Crippen molar-refractivity contribution in [1.82, 2.24) is 0 Å². The average Bonchev–Trinajstić information content (AvgIpc) is 1.92. The first-order valence-corrected chi connectivity index (χ1v) is 4.58. The SMILES string of the molecule is CC(C)(C)C1CCC(=O)C(F)C1. The highest BCUT2D eigenvalue weighted by Gasteiger charge is 2.34. The zero-order chi connectivity index (χ0) is 9.35. The summed E-state index contributed by atoms with van der Waals surface area (Å²) >= 11 is 0. The van der Waals surface area contributed by atoms with E-state index < -0.39 is 6.17 Å². The van der Waals surface area contributed by atoms with Crippen molar-refractivity contribution >= 4 is 5.78 Å². The topological polar surface area (TPSA) is 17.1 Å². The van der Waals surface area contributed by atoms with Crippen LogP contribution in [-0.2, 0) is 4.79 Å². The predicted molar refractivity (Wildman–Crippen MR) is 46.7 cm³/mol. The Morgan fingerprint density at radius 3 is 2.42 bits per heavy atom. The van der Waals surface area contributed by atoms with Crippen LogP contribution in [0.2, 0.25) is 0 Å². The monoisotopic (exact) mass is 172 g/mol. The van der Waals surface area contributed by atoms with Gasteiger partial charge in [-0.05, 0) is 24.2 Å². The summed E-state index contributed by atoms with van der Waals surface area (Å²) in [4.78, 5) is 10.9. The minimum atomic E-state index is -1.19. The summed E-state index contributed by atoms with van der Waals surface area (Å²) in [6, 6.07) is 0. The fourth-order valence-corrected chi connectivity index (χ4v) is 1.76. The fourth-order valence-electron chi connectivity index (χ4n) is 1.76. The van der Waals surface area contributed by atoms with Gasteiger partial charge in [0.2, 0.25) is 0 Å². The van der Waals surface area contributed by atoms with Crippen molar-refractivity contribution in [1.29, 1.82) is 0 Å². The number of carbonyl (C=O) groups excluding carboxylic acids is 1. The van der Waals surface area contributed by atoms with E-state index in [4.69, 9.17) is 0 Å². The van der Waals surface area contributed by atoms with E-state index in [1.54, 1.807) is 0 Å². The molecule has 0 aromatic heterocycles. The summed E-state index contributed by atoms with van der Waals surface area (Å²) in [5.74, 6) is 0.167. The van der Waals surface area contributed by atoms with Gasteiger partial charge in [-0.3, -0.25) is 4.79 Å². The molecule has 1 aliphatic rings. The first-order valence-electron chi connectivity index (χ1n) is 4.58. The summed E-state index contributed by atoms with van der Waals surface area (Å²) in [5, 5.41) is 0. The molecule has 0 N–H and O–H groups in total. The van der Waals surface area contributed by atoms with Gasteiger partial charge >= 0.3 is 0 Å². The van der Waals surface area contributed by atoms with E-state index in [1.807, 2.05) is 0 Å². The van der Waals surface area contributed by atoms with E-state index in [1.165, 1.54) is 0 Å². The van der Waals surface area contributed by atoms with Gasteiger partial charge in [-0.15, -0.1) is 0 Å². The number of alkyl halides is 1. The lowest BCUT2D eigenvalue weighted by Crippen LogP contribution is -2.32. The van der Waals surface area contributed by atoms with Crippen LogP contribution < -0.4 is 0 Å². The molecular formula is C10H17FO. The van der Waals surface area contributed by atoms with Crippen LogP contribution in [0.3, 0.4) is 0 Å². The van der Waals surface area contributed by atoms with Crippen molar-refractivity contribution in [2.24, 2.45) is 11.3 Å². The zero-order valence-corrected chi connectivity index (χ0v) is 8.06. The van der Waals surface area contributed by atoms with Crippen LogP contribution in [0.15, 0.2) is 0 Å². The molecule has 0 aliphatic heterocycles. The van der Waals surface area contributed by atoms with Gasteiger partial charge in [-0.2, -0.15) is 0 Å². The standard InChI is InChI=1S/C10H17FO/c1-10(2,3)7-4-5-9(12)8(11)6-7/h7-8H,4-6H2,1-3H3. The molecule has 1 saturated carbocycles. The number of hydrogen-bond acceptors (Lipinski definition) is 1. The molecule has 2 unspecified atom stereocenters. The average molecular weight is 172 g/mol. The van der Waals surface area contributed by atoms with Gasteiger partial charge in [-0.1, -0.05) is 20.8 Å². The maximum atomic E-state index is 13.0.